The van der Waals surface area contributed by atoms with Crippen molar-refractivity contribution < 1.29 is 4.55 Å². The molecule has 13 heavy (non-hydrogen) atoms. The highest BCUT2D eigenvalue weighted by molar-refractivity contribution is 7.91. The second kappa shape index (κ2) is 5.01. The minimum atomic E-state index is -1.11. The van der Waals surface area contributed by atoms with Gasteiger partial charge in [0.15, 0.2) is 0 Å². The first-order chi connectivity index (χ1) is 5.75. The van der Waals surface area contributed by atoms with Gasteiger partial charge in [0.05, 0.1) is 6.21 Å². The van der Waals surface area contributed by atoms with Crippen LogP contribution in [0.15, 0.2) is 4.40 Å². The van der Waals surface area contributed by atoms with Crippen LogP contribution in [0, 0.1) is 11.8 Å². The van der Waals surface area contributed by atoms with E-state index in [1.807, 2.05) is 27.0 Å². The summed E-state index contributed by atoms with van der Waals surface area (Å²) in [5.74, 6) is 0.951. The van der Waals surface area contributed by atoms with Gasteiger partial charge in [0.2, 0.25) is 0 Å². The SMILES string of the molecule is CC(C)[C@H](C)C=N[S+]([O-])C(C)(C)C. The van der Waals surface area contributed by atoms with Crippen molar-refractivity contribution in [3.05, 3.63) is 0 Å². The average molecular weight is 203 g/mol. The molecule has 0 heterocycles. The lowest BCUT2D eigenvalue weighted by molar-refractivity contribution is 0.538. The van der Waals surface area contributed by atoms with Gasteiger partial charge in [-0.1, -0.05) is 25.2 Å². The summed E-state index contributed by atoms with van der Waals surface area (Å²) in [4.78, 5) is 0. The molecule has 0 N–H and O–H groups in total. The van der Waals surface area contributed by atoms with E-state index in [0.29, 0.717) is 11.8 Å². The van der Waals surface area contributed by atoms with Crippen molar-refractivity contribution in [2.75, 3.05) is 0 Å². The minimum Gasteiger partial charge on any atom is -0.591 e. The molecule has 0 rings (SSSR count). The van der Waals surface area contributed by atoms with E-state index in [4.69, 9.17) is 0 Å². The van der Waals surface area contributed by atoms with Crippen molar-refractivity contribution in [3.8, 4) is 0 Å². The Balaban J connectivity index is 4.12. The van der Waals surface area contributed by atoms with Gasteiger partial charge in [-0.2, -0.15) is 0 Å². The van der Waals surface area contributed by atoms with Gasteiger partial charge >= 0.3 is 0 Å². The summed E-state index contributed by atoms with van der Waals surface area (Å²) < 4.78 is 15.3. The van der Waals surface area contributed by atoms with Crippen molar-refractivity contribution in [1.29, 1.82) is 0 Å². The molecule has 0 aliphatic heterocycles. The summed E-state index contributed by atoms with van der Waals surface area (Å²) in [7, 11) is 0. The molecule has 0 saturated heterocycles. The van der Waals surface area contributed by atoms with Gasteiger partial charge in [-0.15, -0.1) is 0 Å². The number of rotatable bonds is 3. The Hall–Kier alpha value is -0.0200. The molecule has 2 atom stereocenters. The van der Waals surface area contributed by atoms with Crippen LogP contribution in [0.25, 0.3) is 0 Å². The van der Waals surface area contributed by atoms with Crippen molar-refractivity contribution in [2.45, 2.75) is 46.3 Å². The normalized spacial score (nSPS) is 18.2. The van der Waals surface area contributed by atoms with Crippen LogP contribution in [0.4, 0.5) is 0 Å². The Bertz CT molecular complexity index is 172. The monoisotopic (exact) mass is 203 g/mol. The van der Waals surface area contributed by atoms with Gasteiger partial charge in [0.25, 0.3) is 0 Å². The summed E-state index contributed by atoms with van der Waals surface area (Å²) >= 11 is -1.11. The molecular formula is C10H21NOS. The van der Waals surface area contributed by atoms with E-state index < -0.39 is 11.4 Å². The molecule has 0 radical (unpaired) electrons. The van der Waals surface area contributed by atoms with Gasteiger partial charge in [-0.25, -0.2) is 0 Å². The molecule has 0 aromatic rings. The maximum atomic E-state index is 11.5. The molecule has 1 unspecified atom stereocenters. The predicted octanol–water partition coefficient (Wildman–Crippen LogP) is 2.81. The zero-order valence-corrected chi connectivity index (χ0v) is 10.3. The highest BCUT2D eigenvalue weighted by atomic mass is 32.2. The molecule has 0 aliphatic rings. The Labute approximate surface area is 85.1 Å². The van der Waals surface area contributed by atoms with Crippen molar-refractivity contribution in [2.24, 2.45) is 16.2 Å². The zero-order valence-electron chi connectivity index (χ0n) is 9.50. The third kappa shape index (κ3) is 5.32. The summed E-state index contributed by atoms with van der Waals surface area (Å²) in [6.45, 7) is 12.2. The first kappa shape index (κ1) is 13.0. The van der Waals surface area contributed by atoms with E-state index in [2.05, 4.69) is 25.2 Å². The van der Waals surface area contributed by atoms with E-state index in [-0.39, 0.29) is 4.75 Å². The lowest BCUT2D eigenvalue weighted by atomic mass is 10.0. The van der Waals surface area contributed by atoms with E-state index in [0.717, 1.165) is 0 Å². The van der Waals surface area contributed by atoms with Crippen LogP contribution in [-0.4, -0.2) is 15.5 Å². The fourth-order valence-electron chi connectivity index (χ4n) is 0.482. The Morgan fingerprint density at radius 3 is 2.00 bits per heavy atom. The van der Waals surface area contributed by atoms with Crippen molar-refractivity contribution in [3.63, 3.8) is 0 Å². The summed E-state index contributed by atoms with van der Waals surface area (Å²) in [5, 5.41) is 0. The summed E-state index contributed by atoms with van der Waals surface area (Å²) in [5.41, 5.74) is 0. The van der Waals surface area contributed by atoms with Crippen LogP contribution in [-0.2, 0) is 11.4 Å². The Morgan fingerprint density at radius 1 is 1.23 bits per heavy atom. The first-order valence-electron chi connectivity index (χ1n) is 4.71. The lowest BCUT2D eigenvalue weighted by Gasteiger charge is -2.18. The van der Waals surface area contributed by atoms with Crippen LogP contribution in [0.5, 0.6) is 0 Å². The highest BCUT2D eigenvalue weighted by Crippen LogP contribution is 2.17. The van der Waals surface area contributed by atoms with Crippen LogP contribution < -0.4 is 0 Å². The summed E-state index contributed by atoms with van der Waals surface area (Å²) in [6.07, 6.45) is 1.81. The second-order valence-corrected chi connectivity index (χ2v) is 6.65. The average Bonchev–Trinajstić information content (AvgIpc) is 1.97. The molecule has 0 aliphatic carbocycles. The molecular weight excluding hydrogens is 182 g/mol. The standard InChI is InChI=1S/C10H21NOS/c1-8(2)9(3)7-11-13(12)10(4,5)6/h7-9H,1-6H3/t9-,13?/m1/s1. The summed E-state index contributed by atoms with van der Waals surface area (Å²) in [6, 6.07) is 0. The van der Waals surface area contributed by atoms with Gasteiger partial charge in [-0.3, -0.25) is 0 Å². The van der Waals surface area contributed by atoms with Gasteiger partial charge in [-0.05, 0) is 32.6 Å². The Kier molecular flexibility index (Phi) is 5.00. The van der Waals surface area contributed by atoms with Crippen LogP contribution in [0.1, 0.15) is 41.5 Å². The maximum Gasteiger partial charge on any atom is 0.144 e. The van der Waals surface area contributed by atoms with E-state index >= 15 is 0 Å². The maximum absolute atomic E-state index is 11.5. The number of nitrogens with zero attached hydrogens (tertiary/aromatic N) is 1. The second-order valence-electron chi connectivity index (χ2n) is 4.72. The molecule has 0 aromatic carbocycles. The van der Waals surface area contributed by atoms with E-state index in [1.165, 1.54) is 0 Å². The van der Waals surface area contributed by atoms with Crippen molar-refractivity contribution >= 4 is 17.6 Å². The van der Waals surface area contributed by atoms with E-state index in [1.54, 1.807) is 0 Å². The fraction of sp³-hybridized carbons (Fsp3) is 0.900. The van der Waals surface area contributed by atoms with Gasteiger partial charge in [0, 0.05) is 0 Å². The minimum absolute atomic E-state index is 0.243. The predicted molar refractivity (Wildman–Crippen MR) is 60.4 cm³/mol. The van der Waals surface area contributed by atoms with Gasteiger partial charge < -0.3 is 4.55 Å². The quantitative estimate of drug-likeness (QED) is 0.513. The molecule has 0 fully saturated rings. The van der Waals surface area contributed by atoms with Crippen LogP contribution >= 0.6 is 0 Å². The zero-order chi connectivity index (χ0) is 10.6. The van der Waals surface area contributed by atoms with Gasteiger partial charge in [0.1, 0.15) is 16.1 Å². The molecule has 0 saturated carbocycles. The van der Waals surface area contributed by atoms with Crippen molar-refractivity contribution in [1.82, 2.24) is 0 Å². The van der Waals surface area contributed by atoms with Crippen LogP contribution in [0.3, 0.4) is 0 Å². The fourth-order valence-corrected chi connectivity index (χ4v) is 1.10. The number of hydrogen-bond donors (Lipinski definition) is 0. The Morgan fingerprint density at radius 2 is 1.69 bits per heavy atom. The number of hydrogen-bond acceptors (Lipinski definition) is 2. The molecule has 0 spiro atoms. The highest BCUT2D eigenvalue weighted by Gasteiger charge is 2.26. The smallest absolute Gasteiger partial charge is 0.144 e. The third-order valence-corrected chi connectivity index (χ3v) is 3.33. The largest absolute Gasteiger partial charge is 0.591 e. The lowest BCUT2D eigenvalue weighted by Crippen LogP contribution is -2.26. The first-order valence-corrected chi connectivity index (χ1v) is 5.82. The molecule has 78 valence electrons. The van der Waals surface area contributed by atoms with Crippen LogP contribution in [0.2, 0.25) is 0 Å². The molecule has 0 amide bonds. The topological polar surface area (TPSA) is 35.4 Å². The molecule has 0 bridgehead atoms. The molecule has 0 aromatic heterocycles. The van der Waals surface area contributed by atoms with E-state index in [9.17, 15) is 4.55 Å². The molecule has 2 nitrogen and oxygen atoms in total. The third-order valence-electron chi connectivity index (χ3n) is 1.97. The molecule has 3 heteroatoms.